The van der Waals surface area contributed by atoms with Crippen LogP contribution in [0.25, 0.3) is 0 Å². The van der Waals surface area contributed by atoms with Crippen LogP contribution in [0.15, 0.2) is 24.3 Å². The van der Waals surface area contributed by atoms with Gasteiger partial charge in [-0.05, 0) is 43.7 Å². The van der Waals surface area contributed by atoms with Crippen molar-refractivity contribution in [2.75, 3.05) is 6.61 Å². The third-order valence-corrected chi connectivity index (χ3v) is 3.37. The monoisotopic (exact) mass is 230 g/mol. The average Bonchev–Trinajstić information content (AvgIpc) is 2.38. The van der Waals surface area contributed by atoms with Gasteiger partial charge in [0.25, 0.3) is 0 Å². The first-order valence-corrected chi connectivity index (χ1v) is 6.17. The molecular weight excluding hydrogens is 212 g/mol. The highest BCUT2D eigenvalue weighted by Gasteiger charge is 2.19. The third kappa shape index (κ3) is 3.21. The van der Waals surface area contributed by atoms with Crippen molar-refractivity contribution in [1.29, 1.82) is 5.26 Å². The van der Waals surface area contributed by atoms with Crippen LogP contribution in [0.1, 0.15) is 31.2 Å². The Morgan fingerprint density at radius 2 is 1.94 bits per heavy atom. The first kappa shape index (κ1) is 11.9. The van der Waals surface area contributed by atoms with Gasteiger partial charge in [-0.2, -0.15) is 5.26 Å². The van der Waals surface area contributed by atoms with Gasteiger partial charge in [-0.1, -0.05) is 12.1 Å². The second kappa shape index (κ2) is 5.70. The summed E-state index contributed by atoms with van der Waals surface area (Å²) < 4.78 is 5.74. The summed E-state index contributed by atoms with van der Waals surface area (Å²) in [6.07, 6.45) is 4.45. The van der Waals surface area contributed by atoms with E-state index in [9.17, 15) is 0 Å². The van der Waals surface area contributed by atoms with E-state index in [4.69, 9.17) is 15.7 Å². The number of hydrogen-bond acceptors (Lipinski definition) is 3. The Hall–Kier alpha value is -1.53. The molecule has 90 valence electrons. The zero-order chi connectivity index (χ0) is 12.1. The molecule has 0 unspecified atom stereocenters. The zero-order valence-electron chi connectivity index (χ0n) is 9.93. The van der Waals surface area contributed by atoms with Crippen molar-refractivity contribution in [3.63, 3.8) is 0 Å². The molecule has 0 aromatic heterocycles. The van der Waals surface area contributed by atoms with Crippen LogP contribution in [-0.2, 0) is 0 Å². The summed E-state index contributed by atoms with van der Waals surface area (Å²) in [6, 6.07) is 9.90. The van der Waals surface area contributed by atoms with E-state index in [0.29, 0.717) is 29.9 Å². The van der Waals surface area contributed by atoms with Crippen LogP contribution in [0, 0.1) is 17.2 Å². The molecule has 2 rings (SSSR count). The van der Waals surface area contributed by atoms with Gasteiger partial charge < -0.3 is 10.5 Å². The largest absolute Gasteiger partial charge is 0.492 e. The standard InChI is InChI=1S/C14H18N2O/c15-9-12-3-1-2-4-14(12)17-10-11-5-7-13(16)8-6-11/h1-4,11,13H,5-8,10,16H2. The Kier molecular flexibility index (Phi) is 4.00. The molecule has 0 atom stereocenters. The number of nitrogens with two attached hydrogens (primary N) is 1. The van der Waals surface area contributed by atoms with Crippen molar-refractivity contribution in [3.8, 4) is 11.8 Å². The van der Waals surface area contributed by atoms with Gasteiger partial charge in [-0.15, -0.1) is 0 Å². The zero-order valence-corrected chi connectivity index (χ0v) is 9.93. The minimum absolute atomic E-state index is 0.373. The number of nitrogens with zero attached hydrogens (tertiary/aromatic N) is 1. The molecule has 3 nitrogen and oxygen atoms in total. The number of nitriles is 1. The number of rotatable bonds is 3. The lowest BCUT2D eigenvalue weighted by atomic mass is 9.87. The molecule has 1 aromatic carbocycles. The minimum Gasteiger partial charge on any atom is -0.492 e. The highest BCUT2D eigenvalue weighted by atomic mass is 16.5. The van der Waals surface area contributed by atoms with Gasteiger partial charge in [-0.3, -0.25) is 0 Å². The van der Waals surface area contributed by atoms with E-state index in [1.165, 1.54) is 0 Å². The average molecular weight is 230 g/mol. The van der Waals surface area contributed by atoms with Crippen LogP contribution >= 0.6 is 0 Å². The van der Waals surface area contributed by atoms with E-state index >= 15 is 0 Å². The molecule has 17 heavy (non-hydrogen) atoms. The van der Waals surface area contributed by atoms with Crippen LogP contribution in [0.2, 0.25) is 0 Å². The van der Waals surface area contributed by atoms with E-state index in [1.54, 1.807) is 6.07 Å². The van der Waals surface area contributed by atoms with Gasteiger partial charge >= 0.3 is 0 Å². The summed E-state index contributed by atoms with van der Waals surface area (Å²) in [5.74, 6) is 1.28. The van der Waals surface area contributed by atoms with Crippen molar-refractivity contribution in [2.45, 2.75) is 31.7 Å². The predicted octanol–water partition coefficient (Wildman–Crippen LogP) is 2.45. The van der Waals surface area contributed by atoms with Crippen molar-refractivity contribution >= 4 is 0 Å². The molecule has 2 N–H and O–H groups in total. The molecule has 1 aromatic rings. The summed E-state index contributed by atoms with van der Waals surface area (Å²) in [4.78, 5) is 0. The first-order chi connectivity index (χ1) is 8.29. The molecule has 1 saturated carbocycles. The Balaban J connectivity index is 1.88. The molecule has 3 heteroatoms. The Morgan fingerprint density at radius 3 is 2.65 bits per heavy atom. The minimum atomic E-state index is 0.373. The SMILES string of the molecule is N#Cc1ccccc1OCC1CCC(N)CC1. The van der Waals surface area contributed by atoms with Crippen LogP contribution in [0.4, 0.5) is 0 Å². The van der Waals surface area contributed by atoms with Crippen LogP contribution in [0.5, 0.6) is 5.75 Å². The maximum Gasteiger partial charge on any atom is 0.137 e. The molecule has 0 spiro atoms. The Bertz CT molecular complexity index is 403. The highest BCUT2D eigenvalue weighted by Crippen LogP contribution is 2.25. The third-order valence-electron chi connectivity index (χ3n) is 3.37. The van der Waals surface area contributed by atoms with Gasteiger partial charge in [-0.25, -0.2) is 0 Å². The van der Waals surface area contributed by atoms with Crippen LogP contribution in [-0.4, -0.2) is 12.6 Å². The first-order valence-electron chi connectivity index (χ1n) is 6.17. The van der Waals surface area contributed by atoms with Gasteiger partial charge in [0.1, 0.15) is 11.8 Å². The van der Waals surface area contributed by atoms with Gasteiger partial charge in [0, 0.05) is 6.04 Å². The number of benzene rings is 1. The predicted molar refractivity (Wildman–Crippen MR) is 66.6 cm³/mol. The lowest BCUT2D eigenvalue weighted by Gasteiger charge is -2.26. The summed E-state index contributed by atoms with van der Waals surface area (Å²) in [7, 11) is 0. The fourth-order valence-corrected chi connectivity index (χ4v) is 2.25. The van der Waals surface area contributed by atoms with Gasteiger partial charge in [0.15, 0.2) is 0 Å². The van der Waals surface area contributed by atoms with E-state index in [2.05, 4.69) is 6.07 Å². The number of hydrogen-bond donors (Lipinski definition) is 1. The molecule has 1 aliphatic rings. The number of para-hydroxylation sites is 1. The summed E-state index contributed by atoms with van der Waals surface area (Å²) in [6.45, 7) is 0.700. The second-order valence-electron chi connectivity index (χ2n) is 4.70. The lowest BCUT2D eigenvalue weighted by molar-refractivity contribution is 0.200. The molecule has 0 heterocycles. The second-order valence-corrected chi connectivity index (χ2v) is 4.70. The van der Waals surface area contributed by atoms with Crippen molar-refractivity contribution < 1.29 is 4.74 Å². The van der Waals surface area contributed by atoms with E-state index in [0.717, 1.165) is 25.7 Å². The molecule has 1 aliphatic carbocycles. The Morgan fingerprint density at radius 1 is 1.24 bits per heavy atom. The van der Waals surface area contributed by atoms with E-state index in [1.807, 2.05) is 18.2 Å². The van der Waals surface area contributed by atoms with Gasteiger partial charge in [0.2, 0.25) is 0 Å². The molecule has 0 saturated heterocycles. The van der Waals surface area contributed by atoms with Crippen LogP contribution in [0.3, 0.4) is 0 Å². The van der Waals surface area contributed by atoms with Crippen molar-refractivity contribution in [1.82, 2.24) is 0 Å². The fourth-order valence-electron chi connectivity index (χ4n) is 2.25. The normalized spacial score (nSPS) is 24.0. The van der Waals surface area contributed by atoms with Crippen molar-refractivity contribution in [2.24, 2.45) is 11.7 Å². The maximum absolute atomic E-state index is 8.94. The maximum atomic E-state index is 8.94. The quantitative estimate of drug-likeness (QED) is 0.867. The topological polar surface area (TPSA) is 59.0 Å². The molecule has 0 radical (unpaired) electrons. The molecule has 1 fully saturated rings. The molecule has 0 bridgehead atoms. The van der Waals surface area contributed by atoms with Crippen molar-refractivity contribution in [3.05, 3.63) is 29.8 Å². The molecule has 0 aliphatic heterocycles. The van der Waals surface area contributed by atoms with E-state index in [-0.39, 0.29) is 0 Å². The lowest BCUT2D eigenvalue weighted by Crippen LogP contribution is -2.28. The highest BCUT2D eigenvalue weighted by molar-refractivity contribution is 5.42. The summed E-state index contributed by atoms with van der Waals surface area (Å²) in [5.41, 5.74) is 6.48. The smallest absolute Gasteiger partial charge is 0.137 e. The fraction of sp³-hybridized carbons (Fsp3) is 0.500. The molecular formula is C14H18N2O. The summed E-state index contributed by atoms with van der Waals surface area (Å²) >= 11 is 0. The molecule has 0 amide bonds. The Labute approximate surface area is 102 Å². The summed E-state index contributed by atoms with van der Waals surface area (Å²) in [5, 5.41) is 8.94. The van der Waals surface area contributed by atoms with Gasteiger partial charge in [0.05, 0.1) is 12.2 Å². The number of ether oxygens (including phenoxy) is 1. The van der Waals surface area contributed by atoms with E-state index < -0.39 is 0 Å². The van der Waals surface area contributed by atoms with Crippen LogP contribution < -0.4 is 10.5 Å².